The molecule has 1 heterocycles. The predicted molar refractivity (Wildman–Crippen MR) is 107 cm³/mol. The van der Waals surface area contributed by atoms with E-state index in [1.54, 1.807) is 31.4 Å². The number of carbonyl (C=O) groups is 1. The van der Waals surface area contributed by atoms with Gasteiger partial charge in [0.05, 0.1) is 24.3 Å². The van der Waals surface area contributed by atoms with Gasteiger partial charge in [0.1, 0.15) is 11.5 Å². The Hall–Kier alpha value is -2.77. The number of para-hydroxylation sites is 1. The lowest BCUT2D eigenvalue weighted by Crippen LogP contribution is -2.07. The van der Waals surface area contributed by atoms with E-state index in [1.165, 1.54) is 0 Å². The molecular formula is C20H18Cl2N2O5. The van der Waals surface area contributed by atoms with Crippen LogP contribution in [0.2, 0.25) is 10.0 Å². The zero-order valence-electron chi connectivity index (χ0n) is 15.6. The Morgan fingerprint density at radius 3 is 2.76 bits per heavy atom. The summed E-state index contributed by atoms with van der Waals surface area (Å²) in [6.07, 6.45) is 0.646. The van der Waals surface area contributed by atoms with Crippen LogP contribution in [0.5, 0.6) is 11.5 Å². The molecule has 0 saturated carbocycles. The molecule has 0 saturated heterocycles. The van der Waals surface area contributed by atoms with Gasteiger partial charge in [-0.15, -0.1) is 0 Å². The molecule has 1 aromatic heterocycles. The van der Waals surface area contributed by atoms with Crippen molar-refractivity contribution in [2.24, 2.45) is 0 Å². The molecule has 29 heavy (non-hydrogen) atoms. The second-order valence-electron chi connectivity index (χ2n) is 5.90. The van der Waals surface area contributed by atoms with Crippen LogP contribution in [0.25, 0.3) is 11.4 Å². The number of halogens is 2. The fourth-order valence-electron chi connectivity index (χ4n) is 2.46. The van der Waals surface area contributed by atoms with Crippen molar-refractivity contribution in [2.75, 3.05) is 13.7 Å². The molecule has 0 atom stereocenters. The van der Waals surface area contributed by atoms with Crippen LogP contribution in [-0.2, 0) is 16.1 Å². The van der Waals surface area contributed by atoms with Gasteiger partial charge in [-0.25, -0.2) is 0 Å². The number of hydrogen-bond acceptors (Lipinski definition) is 7. The maximum absolute atomic E-state index is 11.9. The molecular weight excluding hydrogens is 419 g/mol. The highest BCUT2D eigenvalue weighted by Gasteiger charge is 2.14. The van der Waals surface area contributed by atoms with Gasteiger partial charge in [0.2, 0.25) is 5.82 Å². The standard InChI is InChI=1S/C20H18Cl2N2O5/c1-26-16-6-3-2-5-14(16)20-23-18(29-24-20)12-28-19(25)7-4-10-27-17-9-8-13(21)11-15(17)22/h2-3,5-6,8-9,11H,4,7,10,12H2,1H3. The third-order valence-corrected chi connectivity index (χ3v) is 4.38. The van der Waals surface area contributed by atoms with E-state index in [0.29, 0.717) is 46.0 Å². The number of rotatable bonds is 9. The number of methoxy groups -OCH3 is 1. The Morgan fingerprint density at radius 2 is 1.97 bits per heavy atom. The molecule has 0 unspecified atom stereocenters. The molecule has 0 aliphatic heterocycles. The first-order valence-electron chi connectivity index (χ1n) is 8.76. The SMILES string of the molecule is COc1ccccc1-c1noc(COC(=O)CCCOc2ccc(Cl)cc2Cl)n1. The van der Waals surface area contributed by atoms with Crippen molar-refractivity contribution in [3.63, 3.8) is 0 Å². The minimum Gasteiger partial charge on any atom is -0.496 e. The van der Waals surface area contributed by atoms with Gasteiger partial charge in [0.15, 0.2) is 6.61 Å². The van der Waals surface area contributed by atoms with Crippen molar-refractivity contribution in [1.29, 1.82) is 0 Å². The lowest BCUT2D eigenvalue weighted by Gasteiger charge is -2.08. The number of ether oxygens (including phenoxy) is 3. The van der Waals surface area contributed by atoms with E-state index in [1.807, 2.05) is 18.2 Å². The normalized spacial score (nSPS) is 10.6. The van der Waals surface area contributed by atoms with E-state index in [0.717, 1.165) is 0 Å². The van der Waals surface area contributed by atoms with Crippen LogP contribution in [0, 0.1) is 0 Å². The van der Waals surface area contributed by atoms with Gasteiger partial charge in [0.25, 0.3) is 5.89 Å². The summed E-state index contributed by atoms with van der Waals surface area (Å²) < 4.78 is 21.1. The third kappa shape index (κ3) is 5.85. The number of hydrogen-bond donors (Lipinski definition) is 0. The highest BCUT2D eigenvalue weighted by molar-refractivity contribution is 6.35. The Morgan fingerprint density at radius 1 is 1.14 bits per heavy atom. The molecule has 9 heteroatoms. The number of esters is 1. The second-order valence-corrected chi connectivity index (χ2v) is 6.74. The van der Waals surface area contributed by atoms with Crippen LogP contribution >= 0.6 is 23.2 Å². The average Bonchev–Trinajstić information content (AvgIpc) is 3.20. The smallest absolute Gasteiger partial charge is 0.306 e. The van der Waals surface area contributed by atoms with Crippen molar-refractivity contribution in [2.45, 2.75) is 19.4 Å². The van der Waals surface area contributed by atoms with Crippen LogP contribution in [0.4, 0.5) is 0 Å². The zero-order chi connectivity index (χ0) is 20.6. The Kier molecular flexibility index (Phi) is 7.32. The van der Waals surface area contributed by atoms with E-state index < -0.39 is 5.97 Å². The average molecular weight is 437 g/mol. The van der Waals surface area contributed by atoms with Gasteiger partial charge >= 0.3 is 5.97 Å². The summed E-state index contributed by atoms with van der Waals surface area (Å²) in [5, 5.41) is 4.84. The first kappa shape index (κ1) is 21.0. The van der Waals surface area contributed by atoms with E-state index in [9.17, 15) is 4.79 Å². The molecule has 0 bridgehead atoms. The lowest BCUT2D eigenvalue weighted by atomic mass is 10.2. The molecule has 7 nitrogen and oxygen atoms in total. The van der Waals surface area contributed by atoms with Gasteiger partial charge in [-0.3, -0.25) is 4.79 Å². The van der Waals surface area contributed by atoms with Crippen molar-refractivity contribution in [3.8, 4) is 22.9 Å². The fraction of sp³-hybridized carbons (Fsp3) is 0.250. The molecule has 0 N–H and O–H groups in total. The fourth-order valence-corrected chi connectivity index (χ4v) is 2.92. The molecule has 2 aromatic carbocycles. The molecule has 0 aliphatic rings. The van der Waals surface area contributed by atoms with E-state index >= 15 is 0 Å². The van der Waals surface area contributed by atoms with Crippen molar-refractivity contribution < 1.29 is 23.5 Å². The van der Waals surface area contributed by atoms with Crippen LogP contribution in [-0.4, -0.2) is 29.8 Å². The molecule has 3 aromatic rings. The van der Waals surface area contributed by atoms with Crippen LogP contribution < -0.4 is 9.47 Å². The van der Waals surface area contributed by atoms with Crippen molar-refractivity contribution in [3.05, 3.63) is 58.4 Å². The highest BCUT2D eigenvalue weighted by Crippen LogP contribution is 2.28. The van der Waals surface area contributed by atoms with Gasteiger partial charge in [-0.2, -0.15) is 4.98 Å². The van der Waals surface area contributed by atoms with Crippen LogP contribution in [0.15, 0.2) is 47.0 Å². The summed E-state index contributed by atoms with van der Waals surface area (Å²) in [4.78, 5) is 16.1. The Balaban J connectivity index is 1.42. The molecule has 0 radical (unpaired) electrons. The molecule has 0 aliphatic carbocycles. The maximum atomic E-state index is 11.9. The largest absolute Gasteiger partial charge is 0.496 e. The quantitative estimate of drug-likeness (QED) is 0.346. The minimum absolute atomic E-state index is 0.106. The van der Waals surface area contributed by atoms with Gasteiger partial charge in [-0.1, -0.05) is 40.5 Å². The summed E-state index contributed by atoms with van der Waals surface area (Å²) >= 11 is 11.9. The molecule has 0 spiro atoms. The molecule has 3 rings (SSSR count). The summed E-state index contributed by atoms with van der Waals surface area (Å²) in [5.74, 6) is 1.30. The summed E-state index contributed by atoms with van der Waals surface area (Å²) in [6, 6.07) is 12.2. The number of aromatic nitrogens is 2. The topological polar surface area (TPSA) is 83.7 Å². The number of carbonyl (C=O) groups excluding carboxylic acids is 1. The predicted octanol–water partition coefficient (Wildman–Crippen LogP) is 4.95. The summed E-state index contributed by atoms with van der Waals surface area (Å²) in [5.41, 5.74) is 0.689. The first-order valence-corrected chi connectivity index (χ1v) is 9.52. The summed E-state index contributed by atoms with van der Waals surface area (Å²) in [7, 11) is 1.56. The van der Waals surface area contributed by atoms with Crippen LogP contribution in [0.1, 0.15) is 18.7 Å². The monoisotopic (exact) mass is 436 g/mol. The first-order chi connectivity index (χ1) is 14.1. The molecule has 0 amide bonds. The zero-order valence-corrected chi connectivity index (χ0v) is 17.1. The Labute approximate surface area is 177 Å². The van der Waals surface area contributed by atoms with Gasteiger partial charge in [-0.05, 0) is 36.8 Å². The van der Waals surface area contributed by atoms with E-state index in [-0.39, 0.29) is 18.9 Å². The van der Waals surface area contributed by atoms with Crippen molar-refractivity contribution in [1.82, 2.24) is 10.1 Å². The number of benzene rings is 2. The van der Waals surface area contributed by atoms with Crippen LogP contribution in [0.3, 0.4) is 0 Å². The molecule has 152 valence electrons. The highest BCUT2D eigenvalue weighted by atomic mass is 35.5. The van der Waals surface area contributed by atoms with Gasteiger partial charge in [0, 0.05) is 11.4 Å². The second kappa shape index (κ2) is 10.1. The minimum atomic E-state index is -0.396. The van der Waals surface area contributed by atoms with E-state index in [2.05, 4.69) is 10.1 Å². The van der Waals surface area contributed by atoms with E-state index in [4.69, 9.17) is 41.9 Å². The van der Waals surface area contributed by atoms with Crippen molar-refractivity contribution >= 4 is 29.2 Å². The number of nitrogens with zero attached hydrogens (tertiary/aromatic N) is 2. The molecule has 0 fully saturated rings. The Bertz CT molecular complexity index is 977. The van der Waals surface area contributed by atoms with Gasteiger partial charge < -0.3 is 18.7 Å². The summed E-state index contributed by atoms with van der Waals surface area (Å²) in [6.45, 7) is 0.208. The third-order valence-electron chi connectivity index (χ3n) is 3.85. The lowest BCUT2D eigenvalue weighted by molar-refractivity contribution is -0.146. The maximum Gasteiger partial charge on any atom is 0.306 e.